The van der Waals surface area contributed by atoms with E-state index in [1.54, 1.807) is 12.1 Å². The number of para-hydroxylation sites is 2. The maximum atomic E-state index is 11.8. The molecule has 1 fully saturated rings. The normalized spacial score (nSPS) is 20.4. The Hall–Kier alpha value is -1.27. The van der Waals surface area contributed by atoms with Crippen LogP contribution >= 0.6 is 0 Å². The molecule has 1 unspecified atom stereocenters. The minimum atomic E-state index is -3.41. The summed E-state index contributed by atoms with van der Waals surface area (Å²) in [6, 6.07) is 6.32. The SMILES string of the molecule is O=S(=O)(CC1CCCN1)Nc1ccccc1O. The fourth-order valence-corrected chi connectivity index (χ4v) is 3.34. The number of phenols is 1. The summed E-state index contributed by atoms with van der Waals surface area (Å²) >= 11 is 0. The summed E-state index contributed by atoms with van der Waals surface area (Å²) < 4.78 is 26.1. The van der Waals surface area contributed by atoms with Crippen LogP contribution in [-0.4, -0.2) is 31.9 Å². The molecule has 0 aliphatic carbocycles. The molecule has 0 radical (unpaired) electrons. The Kier molecular flexibility index (Phi) is 3.54. The van der Waals surface area contributed by atoms with Gasteiger partial charge in [0.05, 0.1) is 11.4 Å². The van der Waals surface area contributed by atoms with E-state index in [1.165, 1.54) is 12.1 Å². The van der Waals surface area contributed by atoms with E-state index >= 15 is 0 Å². The van der Waals surface area contributed by atoms with E-state index in [0.717, 1.165) is 19.4 Å². The van der Waals surface area contributed by atoms with E-state index in [2.05, 4.69) is 10.0 Å². The summed E-state index contributed by atoms with van der Waals surface area (Å²) in [5.74, 6) is -0.0168. The second-order valence-corrected chi connectivity index (χ2v) is 5.96. The number of hydrogen-bond donors (Lipinski definition) is 3. The van der Waals surface area contributed by atoms with Crippen molar-refractivity contribution in [1.82, 2.24) is 5.32 Å². The lowest BCUT2D eigenvalue weighted by molar-refractivity contribution is 0.477. The van der Waals surface area contributed by atoms with Gasteiger partial charge in [-0.05, 0) is 31.5 Å². The van der Waals surface area contributed by atoms with Crippen LogP contribution in [0.2, 0.25) is 0 Å². The second-order valence-electron chi connectivity index (χ2n) is 4.19. The Morgan fingerprint density at radius 2 is 2.18 bits per heavy atom. The standard InChI is InChI=1S/C11H16N2O3S/c14-11-6-2-1-5-10(11)13-17(15,16)8-9-4-3-7-12-9/h1-2,5-6,9,12-14H,3-4,7-8H2. The van der Waals surface area contributed by atoms with E-state index in [0.29, 0.717) is 0 Å². The average molecular weight is 256 g/mol. The minimum absolute atomic E-state index is 0.0124. The van der Waals surface area contributed by atoms with Gasteiger partial charge in [0.1, 0.15) is 5.75 Å². The molecule has 2 rings (SSSR count). The first-order valence-corrected chi connectivity index (χ1v) is 7.24. The maximum Gasteiger partial charge on any atom is 0.234 e. The predicted molar refractivity (Wildman–Crippen MR) is 66.5 cm³/mol. The van der Waals surface area contributed by atoms with Gasteiger partial charge >= 0.3 is 0 Å². The molecule has 1 aliphatic heterocycles. The van der Waals surface area contributed by atoms with Crippen molar-refractivity contribution in [2.24, 2.45) is 0 Å². The Bertz CT molecular complexity index is 481. The molecule has 1 saturated heterocycles. The number of aromatic hydroxyl groups is 1. The first kappa shape index (κ1) is 12.2. The summed E-state index contributed by atoms with van der Waals surface area (Å²) in [6.07, 6.45) is 1.89. The van der Waals surface area contributed by atoms with Crippen LogP contribution in [0.25, 0.3) is 0 Å². The average Bonchev–Trinajstić information content (AvgIpc) is 2.73. The number of nitrogens with one attached hydrogen (secondary N) is 2. The molecular formula is C11H16N2O3S. The zero-order valence-electron chi connectivity index (χ0n) is 9.39. The molecule has 6 heteroatoms. The lowest BCUT2D eigenvalue weighted by atomic mass is 10.3. The van der Waals surface area contributed by atoms with Crippen molar-refractivity contribution < 1.29 is 13.5 Å². The second kappa shape index (κ2) is 4.93. The van der Waals surface area contributed by atoms with E-state index in [4.69, 9.17) is 0 Å². The third-order valence-electron chi connectivity index (χ3n) is 2.75. The molecule has 1 aliphatic rings. The molecule has 1 aromatic carbocycles. The molecule has 1 atom stereocenters. The van der Waals surface area contributed by atoms with Gasteiger partial charge < -0.3 is 10.4 Å². The number of anilines is 1. The van der Waals surface area contributed by atoms with Gasteiger partial charge in [0.25, 0.3) is 0 Å². The highest BCUT2D eigenvalue weighted by Gasteiger charge is 2.22. The van der Waals surface area contributed by atoms with E-state index in [9.17, 15) is 13.5 Å². The maximum absolute atomic E-state index is 11.8. The van der Waals surface area contributed by atoms with Gasteiger partial charge in [-0.15, -0.1) is 0 Å². The van der Waals surface area contributed by atoms with E-state index in [-0.39, 0.29) is 23.2 Å². The summed E-state index contributed by atoms with van der Waals surface area (Å²) in [5.41, 5.74) is 0.227. The number of benzene rings is 1. The Morgan fingerprint density at radius 1 is 1.41 bits per heavy atom. The fourth-order valence-electron chi connectivity index (χ4n) is 1.93. The molecule has 1 heterocycles. The lowest BCUT2D eigenvalue weighted by Crippen LogP contribution is -2.32. The minimum Gasteiger partial charge on any atom is -0.506 e. The molecule has 0 amide bonds. The van der Waals surface area contributed by atoms with Gasteiger partial charge in [-0.3, -0.25) is 4.72 Å². The summed E-state index contributed by atoms with van der Waals surface area (Å²) in [6.45, 7) is 0.872. The van der Waals surface area contributed by atoms with Crippen molar-refractivity contribution in [3.8, 4) is 5.75 Å². The molecule has 1 aromatic rings. The van der Waals surface area contributed by atoms with Crippen molar-refractivity contribution in [3.05, 3.63) is 24.3 Å². The predicted octanol–water partition coefficient (Wildman–Crippen LogP) is 0.886. The van der Waals surface area contributed by atoms with Crippen LogP contribution < -0.4 is 10.0 Å². The highest BCUT2D eigenvalue weighted by atomic mass is 32.2. The first-order valence-electron chi connectivity index (χ1n) is 5.59. The third-order valence-corrected chi connectivity index (χ3v) is 4.12. The molecule has 94 valence electrons. The number of rotatable bonds is 4. The lowest BCUT2D eigenvalue weighted by Gasteiger charge is -2.13. The highest BCUT2D eigenvalue weighted by Crippen LogP contribution is 2.23. The van der Waals surface area contributed by atoms with Crippen molar-refractivity contribution in [1.29, 1.82) is 0 Å². The third kappa shape index (κ3) is 3.34. The smallest absolute Gasteiger partial charge is 0.234 e. The topological polar surface area (TPSA) is 78.4 Å². The van der Waals surface area contributed by atoms with Crippen molar-refractivity contribution in [2.75, 3.05) is 17.0 Å². The van der Waals surface area contributed by atoms with Gasteiger partial charge in [-0.25, -0.2) is 8.42 Å². The van der Waals surface area contributed by atoms with Crippen LogP contribution in [0.4, 0.5) is 5.69 Å². The molecule has 0 bridgehead atoms. The van der Waals surface area contributed by atoms with Crippen LogP contribution in [0.3, 0.4) is 0 Å². The quantitative estimate of drug-likeness (QED) is 0.699. The zero-order chi connectivity index (χ0) is 12.3. The molecule has 0 saturated carbocycles. The van der Waals surface area contributed by atoms with Crippen LogP contribution in [0.5, 0.6) is 5.75 Å². The van der Waals surface area contributed by atoms with Crippen molar-refractivity contribution in [3.63, 3.8) is 0 Å². The Labute approximate surface area is 101 Å². The van der Waals surface area contributed by atoms with Crippen LogP contribution in [-0.2, 0) is 10.0 Å². The molecule has 0 spiro atoms. The summed E-state index contributed by atoms with van der Waals surface area (Å²) in [7, 11) is -3.41. The summed E-state index contributed by atoms with van der Waals surface area (Å²) in [5, 5.41) is 12.6. The number of hydrogen-bond acceptors (Lipinski definition) is 4. The van der Waals surface area contributed by atoms with Crippen LogP contribution in [0, 0.1) is 0 Å². The van der Waals surface area contributed by atoms with Gasteiger partial charge in [0.2, 0.25) is 10.0 Å². The molecule has 5 nitrogen and oxygen atoms in total. The Morgan fingerprint density at radius 3 is 2.82 bits per heavy atom. The van der Waals surface area contributed by atoms with Gasteiger partial charge in [-0.2, -0.15) is 0 Å². The Balaban J connectivity index is 2.04. The summed E-state index contributed by atoms with van der Waals surface area (Å²) in [4.78, 5) is 0. The van der Waals surface area contributed by atoms with Crippen LogP contribution in [0.1, 0.15) is 12.8 Å². The fraction of sp³-hybridized carbons (Fsp3) is 0.455. The molecule has 0 aromatic heterocycles. The molecular weight excluding hydrogens is 240 g/mol. The van der Waals surface area contributed by atoms with Crippen molar-refractivity contribution in [2.45, 2.75) is 18.9 Å². The number of phenolic OH excluding ortho intramolecular Hbond substituents is 1. The van der Waals surface area contributed by atoms with Gasteiger partial charge in [0.15, 0.2) is 0 Å². The van der Waals surface area contributed by atoms with Crippen LogP contribution in [0.15, 0.2) is 24.3 Å². The largest absolute Gasteiger partial charge is 0.506 e. The monoisotopic (exact) mass is 256 g/mol. The zero-order valence-corrected chi connectivity index (χ0v) is 10.2. The van der Waals surface area contributed by atoms with E-state index in [1.807, 2.05) is 0 Å². The van der Waals surface area contributed by atoms with Crippen molar-refractivity contribution >= 4 is 15.7 Å². The van der Waals surface area contributed by atoms with E-state index < -0.39 is 10.0 Å². The molecule has 3 N–H and O–H groups in total. The van der Waals surface area contributed by atoms with Gasteiger partial charge in [0, 0.05) is 6.04 Å². The molecule has 17 heavy (non-hydrogen) atoms. The number of sulfonamides is 1. The first-order chi connectivity index (χ1) is 8.07. The highest BCUT2D eigenvalue weighted by molar-refractivity contribution is 7.92. The van der Waals surface area contributed by atoms with Gasteiger partial charge in [-0.1, -0.05) is 12.1 Å².